The highest BCUT2D eigenvalue weighted by molar-refractivity contribution is 5.44. The van der Waals surface area contributed by atoms with Gasteiger partial charge in [0.1, 0.15) is 11.5 Å². The van der Waals surface area contributed by atoms with Gasteiger partial charge in [-0.2, -0.15) is 0 Å². The van der Waals surface area contributed by atoms with Gasteiger partial charge in [0.15, 0.2) is 0 Å². The third kappa shape index (κ3) is 2.86. The maximum absolute atomic E-state index is 9.97. The van der Waals surface area contributed by atoms with E-state index in [1.165, 1.54) is 6.07 Å². The molecule has 0 amide bonds. The van der Waals surface area contributed by atoms with E-state index in [4.69, 9.17) is 10.2 Å². The van der Waals surface area contributed by atoms with Gasteiger partial charge >= 0.3 is 0 Å². The molecule has 4 N–H and O–H groups in total. The number of hydrogen-bond donors (Lipinski definition) is 4. The molecular formula is C15H16O4. The highest BCUT2D eigenvalue weighted by Crippen LogP contribution is 2.26. The summed E-state index contributed by atoms with van der Waals surface area (Å²) in [7, 11) is 0. The molecule has 4 heteroatoms. The minimum Gasteiger partial charge on any atom is -0.508 e. The molecule has 0 heterocycles. The van der Waals surface area contributed by atoms with Gasteiger partial charge in [0.25, 0.3) is 0 Å². The molecule has 100 valence electrons. The molecule has 2 aromatic carbocycles. The summed E-state index contributed by atoms with van der Waals surface area (Å²) in [5.74, 6) is 0.142. The molecule has 4 nitrogen and oxygen atoms in total. The van der Waals surface area contributed by atoms with Crippen LogP contribution in [0.1, 0.15) is 22.3 Å². The molecule has 0 unspecified atom stereocenters. The monoisotopic (exact) mass is 260 g/mol. The van der Waals surface area contributed by atoms with Crippen LogP contribution >= 0.6 is 0 Å². The predicted molar refractivity (Wildman–Crippen MR) is 70.9 cm³/mol. The molecule has 0 aromatic heterocycles. The highest BCUT2D eigenvalue weighted by Gasteiger charge is 2.08. The molecule has 0 aliphatic rings. The largest absolute Gasteiger partial charge is 0.508 e. The second kappa shape index (κ2) is 5.73. The van der Waals surface area contributed by atoms with Crippen molar-refractivity contribution in [1.82, 2.24) is 0 Å². The van der Waals surface area contributed by atoms with Crippen molar-refractivity contribution >= 4 is 0 Å². The van der Waals surface area contributed by atoms with E-state index in [0.29, 0.717) is 23.1 Å². The number of benzene rings is 2. The van der Waals surface area contributed by atoms with E-state index in [0.717, 1.165) is 5.56 Å². The molecule has 0 spiro atoms. The van der Waals surface area contributed by atoms with Crippen LogP contribution in [-0.4, -0.2) is 20.4 Å². The molecule has 0 bridgehead atoms. The van der Waals surface area contributed by atoms with E-state index in [2.05, 4.69) is 0 Å². The Bertz CT molecular complexity index is 578. The second-order valence-electron chi connectivity index (χ2n) is 4.38. The number of para-hydroxylation sites is 1. The fraction of sp³-hybridized carbons (Fsp3) is 0.200. The van der Waals surface area contributed by atoms with E-state index < -0.39 is 0 Å². The van der Waals surface area contributed by atoms with Crippen LogP contribution in [-0.2, 0) is 19.6 Å². The smallest absolute Gasteiger partial charge is 0.124 e. The summed E-state index contributed by atoms with van der Waals surface area (Å²) in [5.41, 5.74) is 2.50. The fourth-order valence-corrected chi connectivity index (χ4v) is 2.01. The summed E-state index contributed by atoms with van der Waals surface area (Å²) in [6, 6.07) is 10.2. The van der Waals surface area contributed by atoms with Crippen molar-refractivity contribution in [3.8, 4) is 11.5 Å². The lowest BCUT2D eigenvalue weighted by Crippen LogP contribution is -1.94. The maximum Gasteiger partial charge on any atom is 0.124 e. The lowest BCUT2D eigenvalue weighted by Gasteiger charge is -2.09. The van der Waals surface area contributed by atoms with Crippen molar-refractivity contribution in [3.05, 3.63) is 58.7 Å². The Morgan fingerprint density at radius 2 is 1.47 bits per heavy atom. The molecule has 0 fully saturated rings. The van der Waals surface area contributed by atoms with Crippen molar-refractivity contribution in [1.29, 1.82) is 0 Å². The molecule has 0 aliphatic heterocycles. The zero-order chi connectivity index (χ0) is 13.8. The lowest BCUT2D eigenvalue weighted by atomic mass is 10.00. The van der Waals surface area contributed by atoms with Crippen LogP contribution in [0.2, 0.25) is 0 Å². The Labute approximate surface area is 111 Å². The Kier molecular flexibility index (Phi) is 4.04. The van der Waals surface area contributed by atoms with Gasteiger partial charge in [0.2, 0.25) is 0 Å². The minimum atomic E-state index is -0.234. The lowest BCUT2D eigenvalue weighted by molar-refractivity contribution is 0.275. The second-order valence-corrected chi connectivity index (χ2v) is 4.38. The number of aromatic hydroxyl groups is 2. The van der Waals surface area contributed by atoms with E-state index in [1.54, 1.807) is 30.3 Å². The van der Waals surface area contributed by atoms with Crippen molar-refractivity contribution in [3.63, 3.8) is 0 Å². The van der Waals surface area contributed by atoms with Crippen LogP contribution < -0.4 is 0 Å². The molecule has 0 saturated carbocycles. The first kappa shape index (κ1) is 13.4. The van der Waals surface area contributed by atoms with E-state index >= 15 is 0 Å². The van der Waals surface area contributed by atoms with Crippen LogP contribution in [0.15, 0.2) is 36.4 Å². The predicted octanol–water partition coefficient (Wildman–Crippen LogP) is 1.67. The molecule has 0 aliphatic carbocycles. The molecule has 2 aromatic rings. The van der Waals surface area contributed by atoms with Crippen molar-refractivity contribution in [2.24, 2.45) is 0 Å². The number of aliphatic hydroxyl groups excluding tert-OH is 2. The summed E-state index contributed by atoms with van der Waals surface area (Å²) in [4.78, 5) is 0. The van der Waals surface area contributed by atoms with Crippen molar-refractivity contribution < 1.29 is 20.4 Å². The quantitative estimate of drug-likeness (QED) is 0.674. The van der Waals surface area contributed by atoms with Crippen LogP contribution in [0.3, 0.4) is 0 Å². The van der Waals surface area contributed by atoms with Crippen LogP contribution in [0.5, 0.6) is 11.5 Å². The average molecular weight is 260 g/mol. The third-order valence-electron chi connectivity index (χ3n) is 3.08. The molecule has 19 heavy (non-hydrogen) atoms. The van der Waals surface area contributed by atoms with Crippen LogP contribution in [0.25, 0.3) is 0 Å². The van der Waals surface area contributed by atoms with Crippen LogP contribution in [0, 0.1) is 0 Å². The van der Waals surface area contributed by atoms with Gasteiger partial charge in [-0.15, -0.1) is 0 Å². The first-order valence-electron chi connectivity index (χ1n) is 5.98. The average Bonchev–Trinajstić information content (AvgIpc) is 2.43. The Balaban J connectivity index is 2.31. The van der Waals surface area contributed by atoms with Gasteiger partial charge in [-0.05, 0) is 23.3 Å². The summed E-state index contributed by atoms with van der Waals surface area (Å²) in [5, 5.41) is 37.7. The summed E-state index contributed by atoms with van der Waals surface area (Å²) < 4.78 is 0. The van der Waals surface area contributed by atoms with Gasteiger partial charge in [0, 0.05) is 17.5 Å². The Hall–Kier alpha value is -2.04. The molecule has 0 radical (unpaired) electrons. The van der Waals surface area contributed by atoms with Crippen molar-refractivity contribution in [2.45, 2.75) is 19.6 Å². The first-order chi connectivity index (χ1) is 9.15. The zero-order valence-corrected chi connectivity index (χ0v) is 10.4. The van der Waals surface area contributed by atoms with Gasteiger partial charge < -0.3 is 20.4 Å². The van der Waals surface area contributed by atoms with E-state index in [-0.39, 0.29) is 24.7 Å². The number of phenols is 2. The molecule has 0 atom stereocenters. The SMILES string of the molecule is OCc1cc(Cc2cccc(CO)c2O)ccc1O. The summed E-state index contributed by atoms with van der Waals surface area (Å²) in [6.45, 7) is -0.445. The van der Waals surface area contributed by atoms with Gasteiger partial charge in [-0.25, -0.2) is 0 Å². The van der Waals surface area contributed by atoms with Crippen LogP contribution in [0.4, 0.5) is 0 Å². The fourth-order valence-electron chi connectivity index (χ4n) is 2.01. The summed E-state index contributed by atoms with van der Waals surface area (Å²) >= 11 is 0. The van der Waals surface area contributed by atoms with Gasteiger partial charge in [0.05, 0.1) is 13.2 Å². The topological polar surface area (TPSA) is 80.9 Å². The first-order valence-corrected chi connectivity index (χ1v) is 5.98. The van der Waals surface area contributed by atoms with E-state index in [1.807, 2.05) is 0 Å². The normalized spacial score (nSPS) is 10.6. The zero-order valence-electron chi connectivity index (χ0n) is 10.4. The Morgan fingerprint density at radius 1 is 0.789 bits per heavy atom. The third-order valence-corrected chi connectivity index (χ3v) is 3.08. The molecular weight excluding hydrogens is 244 g/mol. The minimum absolute atomic E-state index is 0.0552. The molecule has 0 saturated heterocycles. The van der Waals surface area contributed by atoms with Gasteiger partial charge in [-0.3, -0.25) is 0 Å². The number of aliphatic hydroxyl groups is 2. The van der Waals surface area contributed by atoms with Crippen molar-refractivity contribution in [2.75, 3.05) is 0 Å². The maximum atomic E-state index is 9.97. The number of hydrogen-bond acceptors (Lipinski definition) is 4. The summed E-state index contributed by atoms with van der Waals surface area (Å²) in [6.07, 6.45) is 0.465. The van der Waals surface area contributed by atoms with Gasteiger partial charge in [-0.1, -0.05) is 24.3 Å². The Morgan fingerprint density at radius 3 is 2.16 bits per heavy atom. The number of rotatable bonds is 4. The highest BCUT2D eigenvalue weighted by atomic mass is 16.3. The molecule has 2 rings (SSSR count). The van der Waals surface area contributed by atoms with E-state index in [9.17, 15) is 10.2 Å². The standard InChI is InChI=1S/C15H16O4/c16-8-12-3-1-2-11(15(12)19)6-10-4-5-14(18)13(7-10)9-17/h1-5,7,16-19H,6,8-9H2.